The smallest absolute Gasteiger partial charge is 0.341 e. The number of nitrogens with zero attached hydrogens (tertiary/aromatic N) is 2. The molecule has 0 aliphatic heterocycles. The average molecular weight is 320 g/mol. The summed E-state index contributed by atoms with van der Waals surface area (Å²) in [6, 6.07) is 3.64. The van der Waals surface area contributed by atoms with Gasteiger partial charge in [0.25, 0.3) is 0 Å². The second-order valence-corrected chi connectivity index (χ2v) is 4.71. The summed E-state index contributed by atoms with van der Waals surface area (Å²) in [7, 11) is 0. The Kier molecular flexibility index (Phi) is 5.42. The molecule has 0 aliphatic carbocycles. The van der Waals surface area contributed by atoms with Crippen LogP contribution >= 0.6 is 12.2 Å². The molecule has 2 N–H and O–H groups in total. The first-order chi connectivity index (χ1) is 10.6. The van der Waals surface area contributed by atoms with E-state index in [4.69, 9.17) is 21.4 Å². The molecule has 0 saturated carbocycles. The Hall–Kier alpha value is -2.48. The third-order valence-electron chi connectivity index (χ3n) is 2.70. The molecule has 116 valence electrons. The van der Waals surface area contributed by atoms with Gasteiger partial charge in [0.05, 0.1) is 30.7 Å². The highest BCUT2D eigenvalue weighted by molar-refractivity contribution is 7.80. The summed E-state index contributed by atoms with van der Waals surface area (Å²) < 4.78 is 10.1. The second kappa shape index (κ2) is 7.51. The molecule has 0 amide bonds. The highest BCUT2D eigenvalue weighted by Crippen LogP contribution is 2.09. The summed E-state index contributed by atoms with van der Waals surface area (Å²) in [6.07, 6.45) is 3.01. The molecule has 0 aromatic carbocycles. The lowest BCUT2D eigenvalue weighted by Gasteiger charge is -2.10. The maximum Gasteiger partial charge on any atom is 0.341 e. The molecular formula is C14H16N4O3S. The van der Waals surface area contributed by atoms with E-state index >= 15 is 0 Å². The van der Waals surface area contributed by atoms with Crippen molar-refractivity contribution in [1.29, 1.82) is 0 Å². The van der Waals surface area contributed by atoms with E-state index in [1.54, 1.807) is 26.2 Å². The number of rotatable bonds is 5. The van der Waals surface area contributed by atoms with Crippen molar-refractivity contribution in [1.82, 2.24) is 15.3 Å². The number of aryl methyl sites for hydroxylation is 1. The zero-order chi connectivity index (χ0) is 15.9. The number of anilines is 1. The number of ether oxygens (including phenoxy) is 1. The summed E-state index contributed by atoms with van der Waals surface area (Å²) >= 11 is 5.14. The Morgan fingerprint density at radius 1 is 1.50 bits per heavy atom. The van der Waals surface area contributed by atoms with E-state index in [0.29, 0.717) is 35.5 Å². The lowest BCUT2D eigenvalue weighted by Crippen LogP contribution is -2.28. The van der Waals surface area contributed by atoms with Crippen LogP contribution in [0.15, 0.2) is 29.0 Å². The molecule has 0 saturated heterocycles. The molecule has 0 bridgehead atoms. The number of nitrogens with one attached hydrogen (secondary N) is 2. The Labute approximate surface area is 133 Å². The summed E-state index contributed by atoms with van der Waals surface area (Å²) in [5.74, 6) is 0.631. The Morgan fingerprint density at radius 3 is 2.95 bits per heavy atom. The van der Waals surface area contributed by atoms with E-state index in [0.717, 1.165) is 5.76 Å². The van der Waals surface area contributed by atoms with Crippen LogP contribution in [-0.4, -0.2) is 27.7 Å². The third-order valence-corrected chi connectivity index (χ3v) is 2.95. The normalized spacial score (nSPS) is 10.1. The number of aromatic nitrogens is 2. The van der Waals surface area contributed by atoms with Crippen molar-refractivity contribution in [3.63, 3.8) is 0 Å². The minimum Gasteiger partial charge on any atom is -0.467 e. The summed E-state index contributed by atoms with van der Waals surface area (Å²) in [6.45, 7) is 4.21. The zero-order valence-electron chi connectivity index (χ0n) is 12.3. The van der Waals surface area contributed by atoms with E-state index in [1.807, 2.05) is 6.07 Å². The lowest BCUT2D eigenvalue weighted by atomic mass is 10.2. The van der Waals surface area contributed by atoms with Gasteiger partial charge < -0.3 is 19.8 Å². The minimum atomic E-state index is -0.440. The second-order valence-electron chi connectivity index (χ2n) is 4.30. The molecule has 7 nitrogen and oxygen atoms in total. The van der Waals surface area contributed by atoms with Gasteiger partial charge in [-0.15, -0.1) is 0 Å². The van der Waals surface area contributed by atoms with Crippen molar-refractivity contribution in [3.05, 3.63) is 41.6 Å². The van der Waals surface area contributed by atoms with Crippen LogP contribution in [0.2, 0.25) is 0 Å². The van der Waals surface area contributed by atoms with Crippen molar-refractivity contribution in [2.75, 3.05) is 11.9 Å². The van der Waals surface area contributed by atoms with Gasteiger partial charge in [-0.25, -0.2) is 14.8 Å². The Morgan fingerprint density at radius 2 is 2.32 bits per heavy atom. The van der Waals surface area contributed by atoms with Crippen LogP contribution < -0.4 is 10.6 Å². The number of esters is 1. The predicted molar refractivity (Wildman–Crippen MR) is 84.5 cm³/mol. The van der Waals surface area contributed by atoms with Gasteiger partial charge in [0.1, 0.15) is 5.76 Å². The molecular weight excluding hydrogens is 304 g/mol. The van der Waals surface area contributed by atoms with E-state index in [1.165, 1.54) is 6.20 Å². The summed E-state index contributed by atoms with van der Waals surface area (Å²) in [4.78, 5) is 19.9. The standard InChI is InChI=1S/C14H16N4O3S/c1-3-20-12(19)11-8-15-13(17-9(11)2)18-14(22)16-7-10-5-4-6-21-10/h4-6,8H,3,7H2,1-2H3,(H2,15,16,17,18,22). The number of carbonyl (C=O) groups excluding carboxylic acids is 1. The molecule has 0 aliphatic rings. The molecule has 0 unspecified atom stereocenters. The number of carbonyl (C=O) groups is 1. The third kappa shape index (κ3) is 4.26. The van der Waals surface area contributed by atoms with Crippen LogP contribution in [-0.2, 0) is 11.3 Å². The van der Waals surface area contributed by atoms with E-state index < -0.39 is 5.97 Å². The van der Waals surface area contributed by atoms with Crippen molar-refractivity contribution >= 4 is 29.2 Å². The maximum absolute atomic E-state index is 11.7. The predicted octanol–water partition coefficient (Wildman–Crippen LogP) is 2.04. The highest BCUT2D eigenvalue weighted by Gasteiger charge is 2.13. The van der Waals surface area contributed by atoms with Crippen LogP contribution in [0.3, 0.4) is 0 Å². The fourth-order valence-electron chi connectivity index (χ4n) is 1.66. The number of hydrogen-bond acceptors (Lipinski definition) is 6. The van der Waals surface area contributed by atoms with E-state index in [-0.39, 0.29) is 0 Å². The first kappa shape index (κ1) is 15.9. The number of thiocarbonyl (C=S) groups is 1. The Bertz CT molecular complexity index is 658. The molecule has 0 fully saturated rings. The average Bonchev–Trinajstić information content (AvgIpc) is 2.98. The molecule has 2 aromatic heterocycles. The Balaban J connectivity index is 1.93. The van der Waals surface area contributed by atoms with Gasteiger partial charge in [0.2, 0.25) is 5.95 Å². The highest BCUT2D eigenvalue weighted by atomic mass is 32.1. The van der Waals surface area contributed by atoms with Crippen molar-refractivity contribution < 1.29 is 13.9 Å². The maximum atomic E-state index is 11.7. The van der Waals surface area contributed by atoms with Gasteiger partial charge in [0.15, 0.2) is 5.11 Å². The van der Waals surface area contributed by atoms with Gasteiger partial charge in [0, 0.05) is 6.20 Å². The first-order valence-electron chi connectivity index (χ1n) is 6.68. The lowest BCUT2D eigenvalue weighted by molar-refractivity contribution is 0.0524. The fourth-order valence-corrected chi connectivity index (χ4v) is 1.83. The SMILES string of the molecule is CCOC(=O)c1cnc(NC(=S)NCc2ccco2)nc1C. The van der Waals surface area contributed by atoms with Crippen molar-refractivity contribution in [2.24, 2.45) is 0 Å². The largest absolute Gasteiger partial charge is 0.467 e. The van der Waals surface area contributed by atoms with Gasteiger partial charge in [-0.1, -0.05) is 0 Å². The number of hydrogen-bond donors (Lipinski definition) is 2. The molecule has 8 heteroatoms. The van der Waals surface area contributed by atoms with Gasteiger partial charge in [-0.05, 0) is 38.2 Å². The van der Waals surface area contributed by atoms with E-state index in [9.17, 15) is 4.79 Å². The van der Waals surface area contributed by atoms with Crippen molar-refractivity contribution in [2.45, 2.75) is 20.4 Å². The number of furan rings is 1. The molecule has 2 heterocycles. The molecule has 22 heavy (non-hydrogen) atoms. The molecule has 2 rings (SSSR count). The quantitative estimate of drug-likeness (QED) is 0.639. The van der Waals surface area contributed by atoms with Crippen LogP contribution in [0.1, 0.15) is 28.7 Å². The van der Waals surface area contributed by atoms with Gasteiger partial charge in [-0.3, -0.25) is 0 Å². The van der Waals surface area contributed by atoms with Crippen LogP contribution in [0.4, 0.5) is 5.95 Å². The molecule has 0 atom stereocenters. The van der Waals surface area contributed by atoms with Crippen LogP contribution in [0.5, 0.6) is 0 Å². The first-order valence-corrected chi connectivity index (χ1v) is 7.09. The zero-order valence-corrected chi connectivity index (χ0v) is 13.1. The van der Waals surface area contributed by atoms with Crippen LogP contribution in [0, 0.1) is 6.92 Å². The van der Waals surface area contributed by atoms with Gasteiger partial charge in [-0.2, -0.15) is 0 Å². The van der Waals surface area contributed by atoms with Crippen molar-refractivity contribution in [3.8, 4) is 0 Å². The molecule has 2 aromatic rings. The minimum absolute atomic E-state index is 0.305. The monoisotopic (exact) mass is 320 g/mol. The fraction of sp³-hybridized carbons (Fsp3) is 0.286. The topological polar surface area (TPSA) is 89.3 Å². The summed E-state index contributed by atoms with van der Waals surface area (Å²) in [5.41, 5.74) is 0.853. The van der Waals surface area contributed by atoms with E-state index in [2.05, 4.69) is 20.6 Å². The molecule has 0 radical (unpaired) electrons. The molecule has 0 spiro atoms. The summed E-state index contributed by atoms with van der Waals surface area (Å²) in [5, 5.41) is 6.17. The van der Waals surface area contributed by atoms with Gasteiger partial charge >= 0.3 is 5.97 Å². The van der Waals surface area contributed by atoms with Crippen LogP contribution in [0.25, 0.3) is 0 Å².